The van der Waals surface area contributed by atoms with Crippen LogP contribution in [-0.4, -0.2) is 26.2 Å². The number of hydrogen-bond donors (Lipinski definition) is 0. The smallest absolute Gasteiger partial charge is 0.160 e. The predicted octanol–water partition coefficient (Wildman–Crippen LogP) is 6.14. The van der Waals surface area contributed by atoms with Gasteiger partial charge < -0.3 is 9.47 Å². The van der Waals surface area contributed by atoms with Gasteiger partial charge in [0.2, 0.25) is 0 Å². The molecule has 1 saturated heterocycles. The number of halogens is 1. The van der Waals surface area contributed by atoms with Gasteiger partial charge >= 0.3 is 0 Å². The Kier molecular flexibility index (Phi) is 8.04. The van der Waals surface area contributed by atoms with Crippen LogP contribution in [0.5, 0.6) is 0 Å². The van der Waals surface area contributed by atoms with Gasteiger partial charge in [-0.1, -0.05) is 45.4 Å². The molecule has 146 valence electrons. The van der Waals surface area contributed by atoms with Crippen molar-refractivity contribution in [3.05, 3.63) is 0 Å². The molecule has 3 fully saturated rings. The molecule has 25 heavy (non-hydrogen) atoms. The lowest BCUT2D eigenvalue weighted by atomic mass is 9.74. The third-order valence-electron chi connectivity index (χ3n) is 7.22. The monoisotopic (exact) mass is 354 g/mol. The van der Waals surface area contributed by atoms with Crippen molar-refractivity contribution < 1.29 is 13.9 Å². The molecular weight excluding hydrogens is 315 g/mol. The largest absolute Gasteiger partial charge is 0.352 e. The highest BCUT2D eigenvalue weighted by Crippen LogP contribution is 2.39. The summed E-state index contributed by atoms with van der Waals surface area (Å²) in [5.74, 6) is 3.19. The highest BCUT2D eigenvalue weighted by Gasteiger charge is 2.35. The average Bonchev–Trinajstić information content (AvgIpc) is 2.69. The Morgan fingerprint density at radius 1 is 0.720 bits per heavy atom. The normalized spacial score (nSPS) is 40.1. The van der Waals surface area contributed by atoms with Crippen LogP contribution in [0.1, 0.15) is 84.0 Å². The summed E-state index contributed by atoms with van der Waals surface area (Å²) < 4.78 is 25.0. The van der Waals surface area contributed by atoms with Crippen molar-refractivity contribution in [1.29, 1.82) is 0 Å². The van der Waals surface area contributed by atoms with Crippen LogP contribution in [0.4, 0.5) is 4.39 Å². The number of rotatable bonds is 7. The van der Waals surface area contributed by atoms with E-state index in [1.165, 1.54) is 51.4 Å². The number of hydrogen-bond acceptors (Lipinski definition) is 2. The van der Waals surface area contributed by atoms with E-state index in [2.05, 4.69) is 6.92 Å². The fourth-order valence-corrected chi connectivity index (χ4v) is 5.32. The summed E-state index contributed by atoms with van der Waals surface area (Å²) in [5, 5.41) is 0. The minimum atomic E-state index is -0.151. The number of alkyl halides is 1. The van der Waals surface area contributed by atoms with Crippen LogP contribution in [-0.2, 0) is 9.47 Å². The van der Waals surface area contributed by atoms with Gasteiger partial charge in [-0.15, -0.1) is 0 Å². The van der Waals surface area contributed by atoms with Crippen molar-refractivity contribution in [2.24, 2.45) is 29.6 Å². The molecule has 0 amide bonds. The second-order valence-corrected chi connectivity index (χ2v) is 9.01. The topological polar surface area (TPSA) is 18.5 Å². The molecule has 0 unspecified atom stereocenters. The zero-order valence-corrected chi connectivity index (χ0v) is 16.3. The van der Waals surface area contributed by atoms with Gasteiger partial charge in [0.05, 0.1) is 19.9 Å². The average molecular weight is 355 g/mol. The van der Waals surface area contributed by atoms with Gasteiger partial charge in [-0.3, -0.25) is 4.39 Å². The van der Waals surface area contributed by atoms with Crippen molar-refractivity contribution >= 4 is 0 Å². The lowest BCUT2D eigenvalue weighted by Crippen LogP contribution is -2.41. The van der Waals surface area contributed by atoms with E-state index < -0.39 is 0 Å². The first-order valence-corrected chi connectivity index (χ1v) is 11.1. The van der Waals surface area contributed by atoms with Gasteiger partial charge in [-0.05, 0) is 56.3 Å². The molecule has 0 spiro atoms. The van der Waals surface area contributed by atoms with E-state index in [0.29, 0.717) is 17.8 Å². The molecule has 2 nitrogen and oxygen atoms in total. The Hall–Kier alpha value is -0.150. The molecule has 3 rings (SSSR count). The molecular formula is C22H39FO2. The predicted molar refractivity (Wildman–Crippen MR) is 100 cm³/mol. The maximum Gasteiger partial charge on any atom is 0.160 e. The molecule has 0 aromatic rings. The Bertz CT molecular complexity index is 351. The lowest BCUT2D eigenvalue weighted by Gasteiger charge is -2.41. The molecule has 1 heterocycles. The van der Waals surface area contributed by atoms with E-state index in [0.717, 1.165) is 50.7 Å². The molecule has 0 aromatic heterocycles. The van der Waals surface area contributed by atoms with E-state index in [1.54, 1.807) is 0 Å². The quantitative estimate of drug-likeness (QED) is 0.511. The van der Waals surface area contributed by atoms with E-state index >= 15 is 0 Å². The molecule has 0 aromatic carbocycles. The minimum absolute atomic E-state index is 0.0119. The van der Waals surface area contributed by atoms with Crippen LogP contribution in [0, 0.1) is 29.6 Å². The molecule has 1 aliphatic heterocycles. The summed E-state index contributed by atoms with van der Waals surface area (Å²) in [7, 11) is 0. The van der Waals surface area contributed by atoms with E-state index in [9.17, 15) is 4.39 Å². The van der Waals surface area contributed by atoms with Crippen molar-refractivity contribution in [1.82, 2.24) is 0 Å². The first-order chi connectivity index (χ1) is 12.3. The summed E-state index contributed by atoms with van der Waals surface area (Å²) in [5.41, 5.74) is 0. The fourth-order valence-electron chi connectivity index (χ4n) is 5.32. The third-order valence-corrected chi connectivity index (χ3v) is 7.22. The summed E-state index contributed by atoms with van der Waals surface area (Å²) >= 11 is 0. The van der Waals surface area contributed by atoms with Crippen molar-refractivity contribution in [2.75, 3.05) is 19.9 Å². The SMILES string of the molecule is CCCCCC1CCC(C2COC(C3CCC(CF)CC3)OC2)CC1. The first kappa shape index (κ1) is 19.6. The zero-order valence-electron chi connectivity index (χ0n) is 16.3. The summed E-state index contributed by atoms with van der Waals surface area (Å²) in [4.78, 5) is 0. The van der Waals surface area contributed by atoms with Gasteiger partial charge in [-0.2, -0.15) is 0 Å². The van der Waals surface area contributed by atoms with Crippen LogP contribution in [0.25, 0.3) is 0 Å². The van der Waals surface area contributed by atoms with Crippen LogP contribution in [0.3, 0.4) is 0 Å². The second-order valence-electron chi connectivity index (χ2n) is 9.01. The van der Waals surface area contributed by atoms with Crippen molar-refractivity contribution in [3.8, 4) is 0 Å². The highest BCUT2D eigenvalue weighted by molar-refractivity contribution is 4.81. The Balaban J connectivity index is 1.33. The summed E-state index contributed by atoms with van der Waals surface area (Å²) in [6.07, 6.45) is 15.4. The molecule has 2 saturated carbocycles. The van der Waals surface area contributed by atoms with E-state index in [4.69, 9.17) is 9.47 Å². The standard InChI is InChI=1S/C22H39FO2/c1-2-3-4-5-17-6-10-19(11-7-17)21-15-24-22(25-16-21)20-12-8-18(14-23)9-13-20/h17-22H,2-16H2,1H3. The fraction of sp³-hybridized carbons (Fsp3) is 1.00. The van der Waals surface area contributed by atoms with E-state index in [1.807, 2.05) is 0 Å². The van der Waals surface area contributed by atoms with E-state index in [-0.39, 0.29) is 13.0 Å². The van der Waals surface area contributed by atoms with Gasteiger partial charge in [0.15, 0.2) is 6.29 Å². The first-order valence-electron chi connectivity index (χ1n) is 11.1. The Labute approximate surface area is 154 Å². The minimum Gasteiger partial charge on any atom is -0.352 e. The van der Waals surface area contributed by atoms with Gasteiger partial charge in [0, 0.05) is 11.8 Å². The van der Waals surface area contributed by atoms with Gasteiger partial charge in [0.25, 0.3) is 0 Å². The third kappa shape index (κ3) is 5.66. The number of unbranched alkanes of at least 4 members (excludes halogenated alkanes) is 2. The maximum atomic E-state index is 12.8. The van der Waals surface area contributed by atoms with Crippen molar-refractivity contribution in [3.63, 3.8) is 0 Å². The summed E-state index contributed by atoms with van der Waals surface area (Å²) in [6, 6.07) is 0. The van der Waals surface area contributed by atoms with Crippen LogP contribution < -0.4 is 0 Å². The molecule has 0 N–H and O–H groups in total. The van der Waals surface area contributed by atoms with Crippen LogP contribution in [0.15, 0.2) is 0 Å². The van der Waals surface area contributed by atoms with Gasteiger partial charge in [-0.25, -0.2) is 0 Å². The molecule has 0 radical (unpaired) electrons. The van der Waals surface area contributed by atoms with Crippen LogP contribution >= 0.6 is 0 Å². The van der Waals surface area contributed by atoms with Crippen LogP contribution in [0.2, 0.25) is 0 Å². The highest BCUT2D eigenvalue weighted by atomic mass is 19.1. The number of ether oxygens (including phenoxy) is 2. The summed E-state index contributed by atoms with van der Waals surface area (Å²) in [6.45, 7) is 3.92. The molecule has 3 heteroatoms. The molecule has 0 atom stereocenters. The maximum absolute atomic E-state index is 12.8. The lowest BCUT2D eigenvalue weighted by molar-refractivity contribution is -0.237. The molecule has 3 aliphatic rings. The molecule has 2 aliphatic carbocycles. The zero-order chi connectivity index (χ0) is 17.5. The molecule has 0 bridgehead atoms. The Morgan fingerprint density at radius 3 is 1.92 bits per heavy atom. The van der Waals surface area contributed by atoms with Gasteiger partial charge in [0.1, 0.15) is 0 Å². The van der Waals surface area contributed by atoms with Crippen molar-refractivity contribution in [2.45, 2.75) is 90.3 Å². The second kappa shape index (κ2) is 10.3. The Morgan fingerprint density at radius 2 is 1.32 bits per heavy atom.